The number of hydrogen-bond donors (Lipinski definition) is 3. The number of nitrogens with zero attached hydrogens (tertiary/aromatic N) is 2. The van der Waals surface area contributed by atoms with E-state index < -0.39 is 0 Å². The van der Waals surface area contributed by atoms with Crippen LogP contribution in [0.25, 0.3) is 0 Å². The Labute approximate surface area is 113 Å². The third kappa shape index (κ3) is 3.53. The molecular formula is C13H23N5O. The average molecular weight is 265 g/mol. The lowest BCUT2D eigenvalue weighted by atomic mass is 9.84. The fourth-order valence-corrected chi connectivity index (χ4v) is 2.69. The molecule has 1 unspecified atom stereocenters. The van der Waals surface area contributed by atoms with Crippen LogP contribution >= 0.6 is 0 Å². The molecule has 6 nitrogen and oxygen atoms in total. The van der Waals surface area contributed by atoms with Crippen LogP contribution in [0.5, 0.6) is 0 Å². The second-order valence-electron chi connectivity index (χ2n) is 5.17. The van der Waals surface area contributed by atoms with Gasteiger partial charge >= 0.3 is 0 Å². The first-order chi connectivity index (χ1) is 9.24. The van der Waals surface area contributed by atoms with Crippen LogP contribution in [0.2, 0.25) is 0 Å². The predicted octanol–water partition coefficient (Wildman–Crippen LogP) is 1.00. The summed E-state index contributed by atoms with van der Waals surface area (Å²) in [5, 5.41) is 9.67. The smallest absolute Gasteiger partial charge is 0.291 e. The molecule has 4 N–H and O–H groups in total. The number of H-pyrrole nitrogens is 1. The van der Waals surface area contributed by atoms with Crippen LogP contribution in [0.3, 0.4) is 0 Å². The van der Waals surface area contributed by atoms with Crippen LogP contribution in [0.15, 0.2) is 0 Å². The number of amides is 1. The molecule has 19 heavy (non-hydrogen) atoms. The molecule has 0 aromatic carbocycles. The van der Waals surface area contributed by atoms with E-state index in [9.17, 15) is 4.79 Å². The molecule has 1 saturated carbocycles. The summed E-state index contributed by atoms with van der Waals surface area (Å²) >= 11 is 0. The maximum Gasteiger partial charge on any atom is 0.291 e. The molecule has 0 saturated heterocycles. The van der Waals surface area contributed by atoms with Gasteiger partial charge in [-0.15, -0.1) is 5.10 Å². The molecule has 0 bridgehead atoms. The number of nitrogens with two attached hydrogens (primary N) is 1. The van der Waals surface area contributed by atoms with Crippen molar-refractivity contribution in [1.29, 1.82) is 0 Å². The van der Waals surface area contributed by atoms with E-state index in [2.05, 4.69) is 20.5 Å². The molecule has 2 rings (SSSR count). The van der Waals surface area contributed by atoms with Gasteiger partial charge in [0.2, 0.25) is 5.82 Å². The van der Waals surface area contributed by atoms with Gasteiger partial charge in [-0.2, -0.15) is 0 Å². The van der Waals surface area contributed by atoms with Gasteiger partial charge in [0.25, 0.3) is 5.91 Å². The quantitative estimate of drug-likeness (QED) is 0.740. The second-order valence-corrected chi connectivity index (χ2v) is 5.17. The average Bonchev–Trinajstić information content (AvgIpc) is 2.94. The van der Waals surface area contributed by atoms with Gasteiger partial charge in [-0.3, -0.25) is 9.89 Å². The van der Waals surface area contributed by atoms with Gasteiger partial charge in [-0.25, -0.2) is 4.98 Å². The van der Waals surface area contributed by atoms with E-state index in [1.165, 1.54) is 19.3 Å². The lowest BCUT2D eigenvalue weighted by Gasteiger charge is -2.29. The molecule has 106 valence electrons. The third-order valence-electron chi connectivity index (χ3n) is 3.86. The number of rotatable bonds is 5. The summed E-state index contributed by atoms with van der Waals surface area (Å²) in [7, 11) is 0. The minimum absolute atomic E-state index is 0.0383. The van der Waals surface area contributed by atoms with Gasteiger partial charge in [0.05, 0.1) is 0 Å². The number of carbonyl (C=O) groups is 1. The normalized spacial score (nSPS) is 18.2. The van der Waals surface area contributed by atoms with Crippen molar-refractivity contribution in [2.75, 3.05) is 6.54 Å². The van der Waals surface area contributed by atoms with E-state index in [0.717, 1.165) is 25.1 Å². The highest BCUT2D eigenvalue weighted by molar-refractivity contribution is 5.90. The molecule has 6 heteroatoms. The van der Waals surface area contributed by atoms with Crippen LogP contribution in [0, 0.1) is 5.92 Å². The summed E-state index contributed by atoms with van der Waals surface area (Å²) in [6.45, 7) is 2.44. The molecule has 1 fully saturated rings. The summed E-state index contributed by atoms with van der Waals surface area (Å²) in [4.78, 5) is 16.2. The minimum atomic E-state index is -0.225. The number of aryl methyl sites for hydroxylation is 1. The van der Waals surface area contributed by atoms with Crippen LogP contribution in [0.4, 0.5) is 0 Å². The van der Waals surface area contributed by atoms with Crippen molar-refractivity contribution in [2.24, 2.45) is 11.7 Å². The maximum atomic E-state index is 12.1. The lowest BCUT2D eigenvalue weighted by Crippen LogP contribution is -2.46. The summed E-state index contributed by atoms with van der Waals surface area (Å²) < 4.78 is 0. The lowest BCUT2D eigenvalue weighted by molar-refractivity contribution is 0.0905. The Bertz CT molecular complexity index is 411. The Morgan fingerprint density at radius 1 is 1.47 bits per heavy atom. The largest absolute Gasteiger partial charge is 0.345 e. The highest BCUT2D eigenvalue weighted by Gasteiger charge is 2.25. The number of hydrogen-bond acceptors (Lipinski definition) is 4. The number of aromatic nitrogens is 3. The standard InChI is InChI=1S/C13H23N5O/c1-2-11-16-12(18-17-11)13(19)15-10(8-14)9-6-4-3-5-7-9/h9-10H,2-8,14H2,1H3,(H,15,19)(H,16,17,18). The van der Waals surface area contributed by atoms with E-state index in [1.54, 1.807) is 0 Å². The monoisotopic (exact) mass is 265 g/mol. The highest BCUT2D eigenvalue weighted by Crippen LogP contribution is 2.26. The van der Waals surface area contributed by atoms with Crippen molar-refractivity contribution in [3.05, 3.63) is 11.6 Å². The van der Waals surface area contributed by atoms with Crippen molar-refractivity contribution < 1.29 is 4.79 Å². The molecule has 1 aromatic heterocycles. The Hall–Kier alpha value is -1.43. The van der Waals surface area contributed by atoms with Crippen LogP contribution < -0.4 is 11.1 Å². The fraction of sp³-hybridized carbons (Fsp3) is 0.769. The van der Waals surface area contributed by atoms with E-state index in [4.69, 9.17) is 5.73 Å². The molecule has 1 atom stereocenters. The summed E-state index contributed by atoms with van der Waals surface area (Å²) in [5.74, 6) is 1.21. The molecule has 0 spiro atoms. The van der Waals surface area contributed by atoms with E-state index in [-0.39, 0.29) is 17.8 Å². The van der Waals surface area contributed by atoms with Gasteiger partial charge in [0.15, 0.2) is 0 Å². The topological polar surface area (TPSA) is 96.7 Å². The maximum absolute atomic E-state index is 12.1. The first kappa shape index (κ1) is 14.0. The third-order valence-corrected chi connectivity index (χ3v) is 3.86. The Balaban J connectivity index is 1.95. The Morgan fingerprint density at radius 2 is 2.21 bits per heavy atom. The summed E-state index contributed by atoms with van der Waals surface area (Å²) in [6, 6.07) is 0.0383. The Morgan fingerprint density at radius 3 is 2.79 bits per heavy atom. The number of nitrogens with one attached hydrogen (secondary N) is 2. The molecule has 1 aromatic rings. The zero-order valence-electron chi connectivity index (χ0n) is 11.5. The summed E-state index contributed by atoms with van der Waals surface area (Å²) in [6.07, 6.45) is 6.80. The van der Waals surface area contributed by atoms with E-state index >= 15 is 0 Å². The van der Waals surface area contributed by atoms with Gasteiger partial charge in [-0.05, 0) is 18.8 Å². The second kappa shape index (κ2) is 6.65. The van der Waals surface area contributed by atoms with Gasteiger partial charge in [0.1, 0.15) is 5.82 Å². The van der Waals surface area contributed by atoms with E-state index in [1.807, 2.05) is 6.92 Å². The zero-order chi connectivity index (χ0) is 13.7. The highest BCUT2D eigenvalue weighted by atomic mass is 16.2. The molecule has 1 aliphatic rings. The van der Waals surface area contributed by atoms with Crippen molar-refractivity contribution in [3.63, 3.8) is 0 Å². The first-order valence-electron chi connectivity index (χ1n) is 7.16. The molecule has 1 heterocycles. The molecule has 0 aliphatic heterocycles. The van der Waals surface area contributed by atoms with Crippen molar-refractivity contribution in [3.8, 4) is 0 Å². The Kier molecular flexibility index (Phi) is 4.90. The van der Waals surface area contributed by atoms with Gasteiger partial charge < -0.3 is 11.1 Å². The van der Waals surface area contributed by atoms with E-state index in [0.29, 0.717) is 12.5 Å². The summed E-state index contributed by atoms with van der Waals surface area (Å²) in [5.41, 5.74) is 5.80. The molecular weight excluding hydrogens is 242 g/mol. The molecule has 0 radical (unpaired) electrons. The van der Waals surface area contributed by atoms with Crippen LogP contribution in [-0.2, 0) is 6.42 Å². The van der Waals surface area contributed by atoms with Gasteiger partial charge in [-0.1, -0.05) is 26.2 Å². The predicted molar refractivity (Wildman–Crippen MR) is 72.6 cm³/mol. The van der Waals surface area contributed by atoms with Crippen molar-refractivity contribution >= 4 is 5.91 Å². The molecule has 1 aliphatic carbocycles. The number of aromatic amines is 1. The number of carbonyl (C=O) groups excluding carboxylic acids is 1. The zero-order valence-corrected chi connectivity index (χ0v) is 11.5. The van der Waals surface area contributed by atoms with Crippen molar-refractivity contribution in [1.82, 2.24) is 20.5 Å². The minimum Gasteiger partial charge on any atom is -0.345 e. The fourth-order valence-electron chi connectivity index (χ4n) is 2.69. The first-order valence-corrected chi connectivity index (χ1v) is 7.16. The molecule has 1 amide bonds. The van der Waals surface area contributed by atoms with Crippen molar-refractivity contribution in [2.45, 2.75) is 51.5 Å². The van der Waals surface area contributed by atoms with Crippen LogP contribution in [-0.4, -0.2) is 33.7 Å². The van der Waals surface area contributed by atoms with Gasteiger partial charge in [0, 0.05) is 19.0 Å². The van der Waals surface area contributed by atoms with Crippen LogP contribution in [0.1, 0.15) is 55.5 Å². The SMILES string of the molecule is CCc1nc(C(=O)NC(CN)C2CCCCC2)n[nH]1.